The molecule has 1 unspecified atom stereocenters. The van der Waals surface area contributed by atoms with Crippen LogP contribution in [0.3, 0.4) is 0 Å². The van der Waals surface area contributed by atoms with Crippen LogP contribution in [-0.2, 0) is 0 Å². The van der Waals surface area contributed by atoms with E-state index in [1.54, 1.807) is 20.8 Å². The summed E-state index contributed by atoms with van der Waals surface area (Å²) >= 11 is 0. The normalized spacial score (nSPS) is 19.3. The molecule has 0 fully saturated rings. The van der Waals surface area contributed by atoms with Crippen LogP contribution in [-0.4, -0.2) is 21.4 Å². The highest BCUT2D eigenvalue weighted by Crippen LogP contribution is 2.23. The zero-order valence-electron chi connectivity index (χ0n) is 6.60. The van der Waals surface area contributed by atoms with Gasteiger partial charge in [0.2, 0.25) is 0 Å². The van der Waals surface area contributed by atoms with Crippen molar-refractivity contribution < 1.29 is 10.2 Å². The van der Waals surface area contributed by atoms with E-state index in [1.807, 2.05) is 6.92 Å². The first-order chi connectivity index (χ1) is 3.81. The Morgan fingerprint density at radius 3 is 1.44 bits per heavy atom. The summed E-state index contributed by atoms with van der Waals surface area (Å²) in [5.41, 5.74) is -1.96. The molecule has 0 aromatic rings. The van der Waals surface area contributed by atoms with Gasteiger partial charge in [-0.3, -0.25) is 0 Å². The van der Waals surface area contributed by atoms with Gasteiger partial charge in [0, 0.05) is 0 Å². The Kier molecular flexibility index (Phi) is 2.25. The Balaban J connectivity index is 4.14. The third-order valence-corrected chi connectivity index (χ3v) is 2.01. The number of hydrogen-bond donors (Lipinski definition) is 2. The second-order valence-electron chi connectivity index (χ2n) is 3.19. The Morgan fingerprint density at radius 1 is 1.11 bits per heavy atom. The molecule has 0 aromatic carbocycles. The van der Waals surface area contributed by atoms with Gasteiger partial charge < -0.3 is 10.2 Å². The molecule has 56 valence electrons. The number of aliphatic hydroxyl groups is 2. The average Bonchev–Trinajstić information content (AvgIpc) is 1.64. The van der Waals surface area contributed by atoms with Crippen molar-refractivity contribution in [2.75, 3.05) is 0 Å². The second kappa shape index (κ2) is 2.27. The zero-order valence-corrected chi connectivity index (χ0v) is 6.60. The van der Waals surface area contributed by atoms with Crippen LogP contribution < -0.4 is 0 Å². The molecule has 0 heterocycles. The molecule has 0 bridgehead atoms. The van der Waals surface area contributed by atoms with Gasteiger partial charge in [-0.05, 0) is 27.2 Å². The molecule has 0 saturated heterocycles. The van der Waals surface area contributed by atoms with Gasteiger partial charge in [0.05, 0.1) is 11.2 Å². The summed E-state index contributed by atoms with van der Waals surface area (Å²) in [6, 6.07) is 0. The molecule has 0 saturated carbocycles. The highest BCUT2D eigenvalue weighted by atomic mass is 16.3. The van der Waals surface area contributed by atoms with Crippen molar-refractivity contribution in [3.05, 3.63) is 0 Å². The Hall–Kier alpha value is -0.0800. The van der Waals surface area contributed by atoms with E-state index in [0.717, 1.165) is 0 Å². The maximum Gasteiger partial charge on any atom is 0.0897 e. The Morgan fingerprint density at radius 2 is 1.44 bits per heavy atom. The first-order valence-corrected chi connectivity index (χ1v) is 3.26. The van der Waals surface area contributed by atoms with Crippen molar-refractivity contribution in [1.29, 1.82) is 0 Å². The van der Waals surface area contributed by atoms with Crippen LogP contribution in [0, 0.1) is 0 Å². The number of rotatable bonds is 2. The van der Waals surface area contributed by atoms with Gasteiger partial charge in [0.25, 0.3) is 0 Å². The third-order valence-electron chi connectivity index (χ3n) is 2.01. The van der Waals surface area contributed by atoms with Crippen LogP contribution in [0.5, 0.6) is 0 Å². The summed E-state index contributed by atoms with van der Waals surface area (Å²) in [4.78, 5) is 0. The minimum atomic E-state index is -0.998. The van der Waals surface area contributed by atoms with Crippen LogP contribution in [0.2, 0.25) is 0 Å². The fourth-order valence-corrected chi connectivity index (χ4v) is 0.433. The fourth-order valence-electron chi connectivity index (χ4n) is 0.433. The molecule has 2 N–H and O–H groups in total. The summed E-state index contributed by atoms with van der Waals surface area (Å²) < 4.78 is 0. The van der Waals surface area contributed by atoms with Crippen molar-refractivity contribution in [3.8, 4) is 0 Å². The van der Waals surface area contributed by atoms with Crippen molar-refractivity contribution in [2.24, 2.45) is 0 Å². The summed E-state index contributed by atoms with van der Waals surface area (Å²) in [5, 5.41) is 18.7. The van der Waals surface area contributed by atoms with E-state index in [1.165, 1.54) is 0 Å². The Labute approximate surface area is 56.5 Å². The summed E-state index contributed by atoms with van der Waals surface area (Å²) in [6.07, 6.45) is 0.566. The molecule has 0 spiro atoms. The maximum atomic E-state index is 9.41. The van der Waals surface area contributed by atoms with Crippen molar-refractivity contribution in [1.82, 2.24) is 0 Å². The van der Waals surface area contributed by atoms with E-state index in [0.29, 0.717) is 6.42 Å². The molecule has 0 aliphatic carbocycles. The van der Waals surface area contributed by atoms with E-state index in [4.69, 9.17) is 0 Å². The lowest BCUT2D eigenvalue weighted by molar-refractivity contribution is -0.121. The lowest BCUT2D eigenvalue weighted by atomic mass is 9.86. The molecular formula is C7H16O2. The van der Waals surface area contributed by atoms with E-state index < -0.39 is 11.2 Å². The van der Waals surface area contributed by atoms with E-state index >= 15 is 0 Å². The molecule has 0 radical (unpaired) electrons. The quantitative estimate of drug-likeness (QED) is 0.586. The molecule has 0 aliphatic rings. The smallest absolute Gasteiger partial charge is 0.0897 e. The minimum Gasteiger partial charge on any atom is -0.387 e. The highest BCUT2D eigenvalue weighted by Gasteiger charge is 2.35. The van der Waals surface area contributed by atoms with E-state index in [9.17, 15) is 10.2 Å². The molecule has 0 aliphatic heterocycles. The van der Waals surface area contributed by atoms with Gasteiger partial charge >= 0.3 is 0 Å². The molecule has 9 heavy (non-hydrogen) atoms. The van der Waals surface area contributed by atoms with Crippen LogP contribution >= 0.6 is 0 Å². The van der Waals surface area contributed by atoms with Crippen molar-refractivity contribution in [3.63, 3.8) is 0 Å². The van der Waals surface area contributed by atoms with Crippen LogP contribution in [0.25, 0.3) is 0 Å². The predicted molar refractivity (Wildman–Crippen MR) is 37.2 cm³/mol. The minimum absolute atomic E-state index is 0.566. The van der Waals surface area contributed by atoms with Gasteiger partial charge in [-0.25, -0.2) is 0 Å². The SMILES string of the molecule is CCC(C)(O)C(C)(C)O. The number of hydrogen-bond acceptors (Lipinski definition) is 2. The summed E-state index contributed by atoms with van der Waals surface area (Å²) in [6.45, 7) is 6.69. The highest BCUT2D eigenvalue weighted by molar-refractivity contribution is 4.87. The molecule has 0 rings (SSSR count). The van der Waals surface area contributed by atoms with E-state index in [2.05, 4.69) is 0 Å². The lowest BCUT2D eigenvalue weighted by Gasteiger charge is -2.34. The van der Waals surface area contributed by atoms with Crippen LogP contribution in [0.15, 0.2) is 0 Å². The van der Waals surface area contributed by atoms with Gasteiger partial charge in [-0.2, -0.15) is 0 Å². The second-order valence-corrected chi connectivity index (χ2v) is 3.19. The van der Waals surface area contributed by atoms with Gasteiger partial charge in [0.1, 0.15) is 0 Å². The van der Waals surface area contributed by atoms with Crippen molar-refractivity contribution >= 4 is 0 Å². The van der Waals surface area contributed by atoms with Gasteiger partial charge in [-0.1, -0.05) is 6.92 Å². The van der Waals surface area contributed by atoms with Gasteiger partial charge in [-0.15, -0.1) is 0 Å². The standard InChI is InChI=1S/C7H16O2/c1-5-7(4,9)6(2,3)8/h8-9H,5H2,1-4H3. The summed E-state index contributed by atoms with van der Waals surface area (Å²) in [7, 11) is 0. The monoisotopic (exact) mass is 132 g/mol. The van der Waals surface area contributed by atoms with Gasteiger partial charge in [0.15, 0.2) is 0 Å². The van der Waals surface area contributed by atoms with Crippen LogP contribution in [0.4, 0.5) is 0 Å². The summed E-state index contributed by atoms with van der Waals surface area (Å²) in [5.74, 6) is 0. The molecule has 0 aromatic heterocycles. The third kappa shape index (κ3) is 1.95. The Bertz CT molecular complexity index is 89.6. The maximum absolute atomic E-state index is 9.41. The largest absolute Gasteiger partial charge is 0.387 e. The molecule has 1 atom stereocenters. The molecule has 0 amide bonds. The molecular weight excluding hydrogens is 116 g/mol. The predicted octanol–water partition coefficient (Wildman–Crippen LogP) is 0.918. The first-order valence-electron chi connectivity index (χ1n) is 3.26. The van der Waals surface area contributed by atoms with Crippen LogP contribution in [0.1, 0.15) is 34.1 Å². The lowest BCUT2D eigenvalue weighted by Crippen LogP contribution is -2.46. The molecule has 2 nitrogen and oxygen atoms in total. The molecule has 2 heteroatoms. The topological polar surface area (TPSA) is 40.5 Å². The first kappa shape index (κ1) is 8.92. The average molecular weight is 132 g/mol. The fraction of sp³-hybridized carbons (Fsp3) is 1.00. The van der Waals surface area contributed by atoms with Crippen molar-refractivity contribution in [2.45, 2.75) is 45.3 Å². The zero-order chi connectivity index (χ0) is 7.71. The van der Waals surface area contributed by atoms with E-state index in [-0.39, 0.29) is 0 Å².